The number of likely N-dealkylation sites (tertiary alicyclic amines) is 1. The molecule has 1 aliphatic rings. The zero-order chi connectivity index (χ0) is 21.6. The maximum Gasteiger partial charge on any atom is 0.321 e. The molecule has 0 bridgehead atoms. The molecule has 2 heterocycles. The van der Waals surface area contributed by atoms with Gasteiger partial charge in [-0.2, -0.15) is 4.98 Å². The van der Waals surface area contributed by atoms with Crippen molar-refractivity contribution in [3.8, 4) is 11.5 Å². The lowest BCUT2D eigenvalue weighted by molar-refractivity contribution is 0.0793. The van der Waals surface area contributed by atoms with Crippen molar-refractivity contribution < 1.29 is 14.1 Å². The van der Waals surface area contributed by atoms with Crippen molar-refractivity contribution in [2.24, 2.45) is 0 Å². The van der Waals surface area contributed by atoms with E-state index in [0.717, 1.165) is 37.2 Å². The molecule has 3 aromatic rings. The summed E-state index contributed by atoms with van der Waals surface area (Å²) in [6, 6.07) is 16.3. The van der Waals surface area contributed by atoms with Crippen molar-refractivity contribution in [3.63, 3.8) is 0 Å². The van der Waals surface area contributed by atoms with E-state index in [1.54, 1.807) is 24.1 Å². The molecular weight excluding hydrogens is 394 g/mol. The number of nitrogens with zero attached hydrogens (tertiary/aromatic N) is 4. The highest BCUT2D eigenvalue weighted by molar-refractivity contribution is 5.94. The van der Waals surface area contributed by atoms with Crippen LogP contribution in [0.4, 0.5) is 10.5 Å². The second-order valence-corrected chi connectivity index (χ2v) is 7.56. The fourth-order valence-electron chi connectivity index (χ4n) is 3.44. The van der Waals surface area contributed by atoms with Crippen molar-refractivity contribution in [1.29, 1.82) is 0 Å². The first-order valence-electron chi connectivity index (χ1n) is 10.4. The monoisotopic (exact) mass is 419 g/mol. The van der Waals surface area contributed by atoms with Crippen LogP contribution in [0.5, 0.6) is 0 Å². The Morgan fingerprint density at radius 1 is 1.06 bits per heavy atom. The lowest BCUT2D eigenvalue weighted by Crippen LogP contribution is -2.33. The zero-order valence-electron chi connectivity index (χ0n) is 17.5. The Morgan fingerprint density at radius 3 is 2.48 bits per heavy atom. The number of urea groups is 1. The molecule has 1 aromatic heterocycles. The number of carbonyl (C=O) groups is 2. The number of anilines is 1. The van der Waals surface area contributed by atoms with Crippen LogP contribution in [-0.4, -0.2) is 58.6 Å². The zero-order valence-corrected chi connectivity index (χ0v) is 17.5. The third kappa shape index (κ3) is 5.09. The number of benzene rings is 2. The van der Waals surface area contributed by atoms with E-state index in [2.05, 4.69) is 15.5 Å². The van der Waals surface area contributed by atoms with Crippen LogP contribution < -0.4 is 5.32 Å². The Labute approximate surface area is 180 Å². The van der Waals surface area contributed by atoms with Gasteiger partial charge in [-0.05, 0) is 49.2 Å². The molecule has 31 heavy (non-hydrogen) atoms. The predicted octanol–water partition coefficient (Wildman–Crippen LogP) is 3.68. The number of aromatic nitrogens is 2. The minimum absolute atomic E-state index is 0.0621. The summed E-state index contributed by atoms with van der Waals surface area (Å²) in [4.78, 5) is 32.6. The Kier molecular flexibility index (Phi) is 6.26. The van der Waals surface area contributed by atoms with E-state index < -0.39 is 0 Å². The van der Waals surface area contributed by atoms with Gasteiger partial charge in [0.2, 0.25) is 0 Å². The first kappa shape index (κ1) is 20.6. The molecule has 2 aromatic carbocycles. The topological polar surface area (TPSA) is 91.6 Å². The first-order chi connectivity index (χ1) is 15.1. The smallest absolute Gasteiger partial charge is 0.321 e. The number of hydrogen-bond donors (Lipinski definition) is 1. The second-order valence-electron chi connectivity index (χ2n) is 7.56. The molecule has 8 heteroatoms. The van der Waals surface area contributed by atoms with Gasteiger partial charge in [-0.25, -0.2) is 4.79 Å². The highest BCUT2D eigenvalue weighted by Crippen LogP contribution is 2.20. The van der Waals surface area contributed by atoms with Crippen molar-refractivity contribution in [2.45, 2.75) is 19.3 Å². The van der Waals surface area contributed by atoms with E-state index in [1.165, 1.54) is 0 Å². The maximum absolute atomic E-state index is 12.5. The highest BCUT2D eigenvalue weighted by atomic mass is 16.5. The molecule has 1 saturated heterocycles. The summed E-state index contributed by atoms with van der Waals surface area (Å²) in [5, 5.41) is 6.84. The van der Waals surface area contributed by atoms with Crippen LogP contribution in [0, 0.1) is 0 Å². The number of likely N-dealkylation sites (N-methyl/N-ethyl adjacent to an activating group) is 1. The summed E-state index contributed by atoms with van der Waals surface area (Å²) in [5.74, 6) is 0.977. The van der Waals surface area contributed by atoms with Crippen LogP contribution in [0.15, 0.2) is 59.1 Å². The molecule has 0 atom stereocenters. The van der Waals surface area contributed by atoms with Crippen LogP contribution in [0.3, 0.4) is 0 Å². The molecule has 1 N–H and O–H groups in total. The third-order valence-corrected chi connectivity index (χ3v) is 5.28. The molecule has 3 amide bonds. The average molecular weight is 419 g/mol. The van der Waals surface area contributed by atoms with Crippen molar-refractivity contribution in [1.82, 2.24) is 19.9 Å². The Morgan fingerprint density at radius 2 is 1.77 bits per heavy atom. The summed E-state index contributed by atoms with van der Waals surface area (Å²) < 4.78 is 5.36. The van der Waals surface area contributed by atoms with E-state index in [0.29, 0.717) is 30.2 Å². The van der Waals surface area contributed by atoms with Gasteiger partial charge in [-0.3, -0.25) is 4.79 Å². The van der Waals surface area contributed by atoms with E-state index >= 15 is 0 Å². The minimum atomic E-state index is -0.201. The molecule has 4 rings (SSSR count). The van der Waals surface area contributed by atoms with Crippen LogP contribution in [0.25, 0.3) is 11.5 Å². The number of carbonyl (C=O) groups excluding carboxylic acids is 2. The molecule has 0 aliphatic carbocycles. The normalized spacial score (nSPS) is 13.3. The van der Waals surface area contributed by atoms with Gasteiger partial charge in [0.1, 0.15) is 0 Å². The van der Waals surface area contributed by atoms with Crippen molar-refractivity contribution in [2.75, 3.05) is 32.0 Å². The lowest BCUT2D eigenvalue weighted by Gasteiger charge is -2.16. The van der Waals surface area contributed by atoms with Crippen LogP contribution in [-0.2, 0) is 6.42 Å². The van der Waals surface area contributed by atoms with Gasteiger partial charge in [0.05, 0.1) is 0 Å². The fourth-order valence-corrected chi connectivity index (χ4v) is 3.44. The first-order valence-corrected chi connectivity index (χ1v) is 10.4. The van der Waals surface area contributed by atoms with Crippen molar-refractivity contribution >= 4 is 17.6 Å². The predicted molar refractivity (Wildman–Crippen MR) is 117 cm³/mol. The van der Waals surface area contributed by atoms with Gasteiger partial charge >= 0.3 is 6.03 Å². The van der Waals surface area contributed by atoms with E-state index in [1.807, 2.05) is 47.4 Å². The molecule has 1 aliphatic heterocycles. The molecular formula is C23H25N5O3. The summed E-state index contributed by atoms with van der Waals surface area (Å²) in [5.41, 5.74) is 2.16. The lowest BCUT2D eigenvalue weighted by atomic mass is 10.1. The Bertz CT molecular complexity index is 1030. The fraction of sp³-hybridized carbons (Fsp3) is 0.304. The van der Waals surface area contributed by atoms with E-state index in [-0.39, 0.29) is 11.9 Å². The number of para-hydroxylation sites is 1. The van der Waals surface area contributed by atoms with Gasteiger partial charge in [0.25, 0.3) is 11.8 Å². The minimum Gasteiger partial charge on any atom is -0.339 e. The molecule has 0 unspecified atom stereocenters. The Hall–Kier alpha value is -3.68. The molecule has 8 nitrogen and oxygen atoms in total. The highest BCUT2D eigenvalue weighted by Gasteiger charge is 2.20. The number of hydrogen-bond acceptors (Lipinski definition) is 5. The molecule has 0 radical (unpaired) electrons. The van der Waals surface area contributed by atoms with Crippen LogP contribution in [0.1, 0.15) is 29.0 Å². The SMILES string of the molecule is CN(CCc1noc(-c2ccc(C(=O)N3CCCC3)cc2)n1)C(=O)Nc1ccccc1. The largest absolute Gasteiger partial charge is 0.339 e. The average Bonchev–Trinajstić information content (AvgIpc) is 3.50. The quantitative estimate of drug-likeness (QED) is 0.658. The number of nitrogens with one attached hydrogen (secondary N) is 1. The summed E-state index contributed by atoms with van der Waals surface area (Å²) in [7, 11) is 1.72. The van der Waals surface area contributed by atoms with E-state index in [4.69, 9.17) is 4.52 Å². The van der Waals surface area contributed by atoms with Gasteiger partial charge in [0.15, 0.2) is 5.82 Å². The summed E-state index contributed by atoms with van der Waals surface area (Å²) >= 11 is 0. The van der Waals surface area contributed by atoms with Crippen LogP contribution >= 0.6 is 0 Å². The van der Waals surface area contributed by atoms with Gasteiger partial charge in [-0.1, -0.05) is 23.4 Å². The summed E-state index contributed by atoms with van der Waals surface area (Å²) in [6.45, 7) is 2.09. The molecule has 0 spiro atoms. The van der Waals surface area contributed by atoms with Crippen LogP contribution in [0.2, 0.25) is 0 Å². The maximum atomic E-state index is 12.5. The molecule has 0 saturated carbocycles. The number of amides is 3. The van der Waals surface area contributed by atoms with Crippen molar-refractivity contribution in [3.05, 3.63) is 66.0 Å². The third-order valence-electron chi connectivity index (χ3n) is 5.28. The summed E-state index contributed by atoms with van der Waals surface area (Å²) in [6.07, 6.45) is 2.60. The number of rotatable bonds is 6. The Balaban J connectivity index is 1.31. The molecule has 1 fully saturated rings. The standard InChI is InChI=1S/C23H25N5O3/c1-27(23(30)24-19-7-3-2-4-8-19)16-13-20-25-21(31-26-20)17-9-11-18(12-10-17)22(29)28-14-5-6-15-28/h2-4,7-12H,5-6,13-16H2,1H3,(H,24,30). The van der Waals surface area contributed by atoms with Gasteiger partial charge < -0.3 is 19.6 Å². The van der Waals surface area contributed by atoms with E-state index in [9.17, 15) is 9.59 Å². The second kappa shape index (κ2) is 9.42. The van der Waals surface area contributed by atoms with Gasteiger partial charge in [-0.15, -0.1) is 0 Å². The molecule has 160 valence electrons. The van der Waals surface area contributed by atoms with Gasteiger partial charge in [0, 0.05) is 49.9 Å².